The third-order valence-electron chi connectivity index (χ3n) is 4.63. The van der Waals surface area contributed by atoms with Gasteiger partial charge in [0.25, 0.3) is 5.91 Å². The Hall–Kier alpha value is -4.46. The summed E-state index contributed by atoms with van der Waals surface area (Å²) in [5, 5.41) is 15.8. The van der Waals surface area contributed by atoms with E-state index in [0.717, 1.165) is 16.5 Å². The number of benzene rings is 2. The first kappa shape index (κ1) is 17.6. The molecule has 0 aliphatic carbocycles. The lowest BCUT2D eigenvalue weighted by molar-refractivity contribution is -0.111. The zero-order chi connectivity index (χ0) is 20.3. The summed E-state index contributed by atoms with van der Waals surface area (Å²) in [7, 11) is 0. The lowest BCUT2D eigenvalue weighted by Crippen LogP contribution is -2.19. The smallest absolute Gasteiger partial charge is 0.274 e. The van der Waals surface area contributed by atoms with Crippen molar-refractivity contribution in [2.45, 2.75) is 0 Å². The molecule has 1 amide bonds. The molecule has 0 unspecified atom stereocenters. The number of furan rings is 1. The maximum atomic E-state index is 13.3. The van der Waals surface area contributed by atoms with Crippen molar-refractivity contribution in [3.63, 3.8) is 0 Å². The number of fused-ring (bicyclic) bond motifs is 1. The Morgan fingerprint density at radius 1 is 1.03 bits per heavy atom. The van der Waals surface area contributed by atoms with Crippen LogP contribution in [0.3, 0.4) is 0 Å². The topological polar surface area (TPSA) is 102 Å². The Bertz CT molecular complexity index is 1330. The summed E-state index contributed by atoms with van der Waals surface area (Å²) in [6, 6.07) is 20.5. The van der Waals surface area contributed by atoms with Gasteiger partial charge in [-0.1, -0.05) is 36.4 Å². The summed E-state index contributed by atoms with van der Waals surface area (Å²) in [6.45, 7) is 0. The monoisotopic (exact) mass is 396 g/mol. The molecule has 0 spiro atoms. The van der Waals surface area contributed by atoms with Gasteiger partial charge in [0.05, 0.1) is 12.0 Å². The third kappa shape index (κ3) is 3.26. The number of anilines is 1. The number of carbonyl (C=O) groups excluding carboxylic acids is 1. The van der Waals surface area contributed by atoms with E-state index in [0.29, 0.717) is 17.3 Å². The Balaban J connectivity index is 1.58. The van der Waals surface area contributed by atoms with Crippen molar-refractivity contribution in [2.75, 3.05) is 5.32 Å². The summed E-state index contributed by atoms with van der Waals surface area (Å²) in [4.78, 5) is 16.5. The SMILES string of the molecule is O=C(Nc1cccc2[nH]ccc12)/C(=C\c1ccco1)n1nnnc1-c1ccccc1. The summed E-state index contributed by atoms with van der Waals surface area (Å²) in [5.41, 5.74) is 2.62. The van der Waals surface area contributed by atoms with E-state index in [9.17, 15) is 4.79 Å². The van der Waals surface area contributed by atoms with Gasteiger partial charge >= 0.3 is 0 Å². The van der Waals surface area contributed by atoms with Gasteiger partial charge in [-0.05, 0) is 40.8 Å². The van der Waals surface area contributed by atoms with E-state index in [1.807, 2.05) is 60.8 Å². The quantitative estimate of drug-likeness (QED) is 0.436. The molecule has 30 heavy (non-hydrogen) atoms. The molecule has 0 aliphatic heterocycles. The number of aromatic nitrogens is 5. The minimum absolute atomic E-state index is 0.223. The first-order valence-corrected chi connectivity index (χ1v) is 9.26. The van der Waals surface area contributed by atoms with E-state index in [2.05, 4.69) is 25.8 Å². The number of amides is 1. The van der Waals surface area contributed by atoms with E-state index in [-0.39, 0.29) is 11.6 Å². The van der Waals surface area contributed by atoms with E-state index >= 15 is 0 Å². The van der Waals surface area contributed by atoms with Gasteiger partial charge in [0, 0.05) is 28.7 Å². The van der Waals surface area contributed by atoms with Crippen LogP contribution >= 0.6 is 0 Å². The van der Waals surface area contributed by atoms with Gasteiger partial charge in [-0.15, -0.1) is 5.10 Å². The number of tetrazole rings is 1. The van der Waals surface area contributed by atoms with Gasteiger partial charge in [0.15, 0.2) is 5.82 Å². The zero-order valence-corrected chi connectivity index (χ0v) is 15.7. The molecule has 0 fully saturated rings. The Labute approximate surface area is 170 Å². The number of aromatic amines is 1. The van der Waals surface area contributed by atoms with Crippen LogP contribution in [-0.4, -0.2) is 31.1 Å². The zero-order valence-electron chi connectivity index (χ0n) is 15.7. The van der Waals surface area contributed by atoms with Crippen LogP contribution in [-0.2, 0) is 4.79 Å². The van der Waals surface area contributed by atoms with E-state index < -0.39 is 0 Å². The highest BCUT2D eigenvalue weighted by molar-refractivity contribution is 6.25. The van der Waals surface area contributed by atoms with Crippen LogP contribution in [0.2, 0.25) is 0 Å². The van der Waals surface area contributed by atoms with Crippen LogP contribution in [0.15, 0.2) is 83.6 Å². The van der Waals surface area contributed by atoms with Crippen LogP contribution < -0.4 is 5.32 Å². The fraction of sp³-hybridized carbons (Fsp3) is 0. The molecule has 0 saturated heterocycles. The molecule has 0 aliphatic rings. The molecule has 0 radical (unpaired) electrons. The Morgan fingerprint density at radius 2 is 1.93 bits per heavy atom. The molecule has 8 nitrogen and oxygen atoms in total. The summed E-state index contributed by atoms with van der Waals surface area (Å²) >= 11 is 0. The van der Waals surface area contributed by atoms with Crippen LogP contribution in [0.5, 0.6) is 0 Å². The number of rotatable bonds is 5. The van der Waals surface area contributed by atoms with Crippen molar-refractivity contribution in [1.29, 1.82) is 0 Å². The van der Waals surface area contributed by atoms with Gasteiger partial charge in [-0.3, -0.25) is 4.79 Å². The van der Waals surface area contributed by atoms with Crippen molar-refractivity contribution < 1.29 is 9.21 Å². The van der Waals surface area contributed by atoms with E-state index in [1.54, 1.807) is 24.5 Å². The van der Waals surface area contributed by atoms with Crippen LogP contribution in [0.25, 0.3) is 34.1 Å². The second kappa shape index (κ2) is 7.51. The highest BCUT2D eigenvalue weighted by Crippen LogP contribution is 2.25. The number of hydrogen-bond donors (Lipinski definition) is 2. The second-order valence-electron chi connectivity index (χ2n) is 6.52. The molecular formula is C22H16N6O2. The minimum atomic E-state index is -0.371. The fourth-order valence-corrected chi connectivity index (χ4v) is 3.23. The standard InChI is InChI=1S/C22H16N6O2/c29-22(24-19-10-4-9-18-17(19)11-12-23-18)20(14-16-8-5-13-30-16)28-21(25-26-27-28)15-6-2-1-3-7-15/h1-14,23H,(H,24,29)/b20-14+. The van der Waals surface area contributed by atoms with Gasteiger partial charge in [0.1, 0.15) is 11.5 Å². The lowest BCUT2D eigenvalue weighted by Gasteiger charge is -2.11. The van der Waals surface area contributed by atoms with Crippen molar-refractivity contribution >= 4 is 34.3 Å². The largest absolute Gasteiger partial charge is 0.465 e. The average molecular weight is 396 g/mol. The third-order valence-corrected chi connectivity index (χ3v) is 4.63. The molecule has 146 valence electrons. The maximum absolute atomic E-state index is 13.3. The molecule has 8 heteroatoms. The van der Waals surface area contributed by atoms with Gasteiger partial charge < -0.3 is 14.7 Å². The molecule has 5 rings (SSSR count). The van der Waals surface area contributed by atoms with Gasteiger partial charge in [-0.25, -0.2) is 0 Å². The Kier molecular flexibility index (Phi) is 4.41. The molecule has 5 aromatic rings. The molecule has 0 atom stereocenters. The first-order valence-electron chi connectivity index (χ1n) is 9.26. The van der Waals surface area contributed by atoms with Crippen molar-refractivity contribution in [3.8, 4) is 11.4 Å². The van der Waals surface area contributed by atoms with Crippen LogP contribution in [0, 0.1) is 0 Å². The second-order valence-corrected chi connectivity index (χ2v) is 6.52. The molecule has 0 bridgehead atoms. The summed E-state index contributed by atoms with van der Waals surface area (Å²) in [5.74, 6) is 0.586. The summed E-state index contributed by atoms with van der Waals surface area (Å²) < 4.78 is 6.83. The van der Waals surface area contributed by atoms with Crippen LogP contribution in [0.4, 0.5) is 5.69 Å². The van der Waals surface area contributed by atoms with Gasteiger partial charge in [0.2, 0.25) is 0 Å². The minimum Gasteiger partial charge on any atom is -0.465 e. The summed E-state index contributed by atoms with van der Waals surface area (Å²) in [6.07, 6.45) is 4.98. The molecular weight excluding hydrogens is 380 g/mol. The highest BCUT2D eigenvalue weighted by Gasteiger charge is 2.20. The number of H-pyrrole nitrogens is 1. The Morgan fingerprint density at radius 3 is 2.77 bits per heavy atom. The highest BCUT2D eigenvalue weighted by atomic mass is 16.3. The maximum Gasteiger partial charge on any atom is 0.274 e. The van der Waals surface area contributed by atoms with E-state index in [1.165, 1.54) is 4.68 Å². The number of carbonyl (C=O) groups is 1. The lowest BCUT2D eigenvalue weighted by atomic mass is 10.2. The number of nitrogens with zero attached hydrogens (tertiary/aromatic N) is 4. The molecule has 2 N–H and O–H groups in total. The van der Waals surface area contributed by atoms with Gasteiger partial charge in [-0.2, -0.15) is 4.68 Å². The molecule has 3 aromatic heterocycles. The molecule has 0 saturated carbocycles. The molecule has 3 heterocycles. The predicted octanol–water partition coefficient (Wildman–Crippen LogP) is 4.05. The predicted molar refractivity (Wildman–Crippen MR) is 113 cm³/mol. The normalized spacial score (nSPS) is 11.7. The molecule has 2 aromatic carbocycles. The van der Waals surface area contributed by atoms with Crippen molar-refractivity contribution in [2.24, 2.45) is 0 Å². The van der Waals surface area contributed by atoms with E-state index in [4.69, 9.17) is 4.42 Å². The van der Waals surface area contributed by atoms with Crippen LogP contribution in [0.1, 0.15) is 5.76 Å². The fourth-order valence-electron chi connectivity index (χ4n) is 3.23. The first-order chi connectivity index (χ1) is 14.8. The van der Waals surface area contributed by atoms with Crippen molar-refractivity contribution in [3.05, 3.63) is 85.0 Å². The van der Waals surface area contributed by atoms with Crippen molar-refractivity contribution in [1.82, 2.24) is 25.2 Å². The average Bonchev–Trinajstić information content (AvgIpc) is 3.54. The number of hydrogen-bond acceptors (Lipinski definition) is 5. The number of nitrogens with one attached hydrogen (secondary N) is 2.